The topological polar surface area (TPSA) is 47.5 Å². The zero-order valence-electron chi connectivity index (χ0n) is 14.5. The SMILES string of the molecule is COc1ccc2cc([C@@H]3CN(c4cc(C)ncn4)CCO3)ccc2c1. The predicted octanol–water partition coefficient (Wildman–Crippen LogP) is 3.52. The summed E-state index contributed by atoms with van der Waals surface area (Å²) in [5.74, 6) is 1.84. The largest absolute Gasteiger partial charge is 0.497 e. The third-order valence-corrected chi connectivity index (χ3v) is 4.62. The van der Waals surface area contributed by atoms with Crippen LogP contribution in [-0.2, 0) is 4.74 Å². The fraction of sp³-hybridized carbons (Fsp3) is 0.300. The fourth-order valence-corrected chi connectivity index (χ4v) is 3.24. The lowest BCUT2D eigenvalue weighted by atomic mass is 10.0. The number of benzene rings is 2. The molecule has 1 fully saturated rings. The Bertz CT molecular complexity index is 897. The molecule has 5 nitrogen and oxygen atoms in total. The summed E-state index contributed by atoms with van der Waals surface area (Å²) in [6.45, 7) is 4.31. The van der Waals surface area contributed by atoms with Gasteiger partial charge in [0.15, 0.2) is 0 Å². The van der Waals surface area contributed by atoms with E-state index in [0.29, 0.717) is 6.61 Å². The highest BCUT2D eigenvalue weighted by atomic mass is 16.5. The molecule has 0 amide bonds. The lowest BCUT2D eigenvalue weighted by Gasteiger charge is -2.34. The van der Waals surface area contributed by atoms with Gasteiger partial charge in [0, 0.05) is 24.8 Å². The molecule has 4 rings (SSSR count). The van der Waals surface area contributed by atoms with E-state index < -0.39 is 0 Å². The first-order valence-corrected chi connectivity index (χ1v) is 8.46. The maximum absolute atomic E-state index is 6.03. The number of rotatable bonds is 3. The summed E-state index contributed by atoms with van der Waals surface area (Å²) in [4.78, 5) is 10.9. The van der Waals surface area contributed by atoms with Crippen molar-refractivity contribution in [2.45, 2.75) is 13.0 Å². The molecule has 2 aromatic carbocycles. The molecule has 128 valence electrons. The highest BCUT2D eigenvalue weighted by Gasteiger charge is 2.23. The van der Waals surface area contributed by atoms with E-state index in [1.54, 1.807) is 13.4 Å². The molecule has 0 unspecified atom stereocenters. The van der Waals surface area contributed by atoms with Gasteiger partial charge in [-0.1, -0.05) is 18.2 Å². The Morgan fingerprint density at radius 1 is 1.08 bits per heavy atom. The molecule has 0 bridgehead atoms. The van der Waals surface area contributed by atoms with Crippen LogP contribution in [0.1, 0.15) is 17.4 Å². The van der Waals surface area contributed by atoms with Crippen LogP contribution >= 0.6 is 0 Å². The number of anilines is 1. The van der Waals surface area contributed by atoms with Crippen molar-refractivity contribution >= 4 is 16.6 Å². The summed E-state index contributed by atoms with van der Waals surface area (Å²) in [5.41, 5.74) is 2.17. The van der Waals surface area contributed by atoms with Crippen LogP contribution in [0.3, 0.4) is 0 Å². The molecule has 0 radical (unpaired) electrons. The Morgan fingerprint density at radius 3 is 2.76 bits per heavy atom. The van der Waals surface area contributed by atoms with Crippen LogP contribution < -0.4 is 9.64 Å². The molecule has 5 heteroatoms. The predicted molar refractivity (Wildman–Crippen MR) is 98.2 cm³/mol. The van der Waals surface area contributed by atoms with E-state index in [2.05, 4.69) is 45.2 Å². The van der Waals surface area contributed by atoms with Crippen LogP contribution in [0.2, 0.25) is 0 Å². The molecule has 25 heavy (non-hydrogen) atoms. The van der Waals surface area contributed by atoms with Gasteiger partial charge in [0.05, 0.1) is 13.7 Å². The average molecular weight is 335 g/mol. The molecule has 1 saturated heterocycles. The van der Waals surface area contributed by atoms with Crippen molar-refractivity contribution in [1.82, 2.24) is 9.97 Å². The summed E-state index contributed by atoms with van der Waals surface area (Å²) in [7, 11) is 1.69. The number of ether oxygens (including phenoxy) is 2. The van der Waals surface area contributed by atoms with E-state index in [1.165, 1.54) is 16.3 Å². The van der Waals surface area contributed by atoms with Gasteiger partial charge in [-0.3, -0.25) is 0 Å². The van der Waals surface area contributed by atoms with E-state index in [9.17, 15) is 0 Å². The van der Waals surface area contributed by atoms with Gasteiger partial charge in [0.1, 0.15) is 24.0 Å². The Morgan fingerprint density at radius 2 is 1.92 bits per heavy atom. The maximum Gasteiger partial charge on any atom is 0.132 e. The Kier molecular flexibility index (Phi) is 4.24. The minimum absolute atomic E-state index is 0.0375. The summed E-state index contributed by atoms with van der Waals surface area (Å²) in [6, 6.07) is 14.6. The molecular formula is C20H21N3O2. The van der Waals surface area contributed by atoms with Crippen LogP contribution in [-0.4, -0.2) is 36.8 Å². The van der Waals surface area contributed by atoms with Crippen molar-refractivity contribution in [3.05, 3.63) is 60.0 Å². The van der Waals surface area contributed by atoms with Crippen molar-refractivity contribution in [2.24, 2.45) is 0 Å². The van der Waals surface area contributed by atoms with E-state index >= 15 is 0 Å². The average Bonchev–Trinajstić information content (AvgIpc) is 2.67. The highest BCUT2D eigenvalue weighted by Crippen LogP contribution is 2.29. The number of fused-ring (bicyclic) bond motifs is 1. The van der Waals surface area contributed by atoms with Gasteiger partial charge >= 0.3 is 0 Å². The summed E-state index contributed by atoms with van der Waals surface area (Å²) in [5, 5.41) is 2.36. The standard InChI is InChI=1S/C20H21N3O2/c1-14-9-20(22-13-21-14)23-7-8-25-19(12-23)17-4-3-16-11-18(24-2)6-5-15(16)10-17/h3-6,9-11,13,19H,7-8,12H2,1-2H3/t19-/m0/s1. The molecule has 1 aromatic heterocycles. The molecule has 2 heterocycles. The van der Waals surface area contributed by atoms with Gasteiger partial charge in [-0.15, -0.1) is 0 Å². The van der Waals surface area contributed by atoms with Crippen LogP contribution in [0.5, 0.6) is 5.75 Å². The monoisotopic (exact) mass is 335 g/mol. The minimum atomic E-state index is 0.0375. The first kappa shape index (κ1) is 15.8. The van der Waals surface area contributed by atoms with Crippen molar-refractivity contribution in [1.29, 1.82) is 0 Å². The first-order valence-electron chi connectivity index (χ1n) is 8.46. The molecule has 3 aromatic rings. The van der Waals surface area contributed by atoms with Crippen molar-refractivity contribution in [2.75, 3.05) is 31.7 Å². The quantitative estimate of drug-likeness (QED) is 0.733. The maximum atomic E-state index is 6.03. The van der Waals surface area contributed by atoms with Crippen LogP contribution in [0.15, 0.2) is 48.8 Å². The second-order valence-corrected chi connectivity index (χ2v) is 6.30. The van der Waals surface area contributed by atoms with Crippen LogP contribution in [0.25, 0.3) is 10.8 Å². The van der Waals surface area contributed by atoms with Gasteiger partial charge in [0.25, 0.3) is 0 Å². The van der Waals surface area contributed by atoms with Crippen molar-refractivity contribution < 1.29 is 9.47 Å². The number of methoxy groups -OCH3 is 1. The highest BCUT2D eigenvalue weighted by molar-refractivity contribution is 5.84. The second kappa shape index (κ2) is 6.69. The van der Waals surface area contributed by atoms with Crippen molar-refractivity contribution in [3.63, 3.8) is 0 Å². The van der Waals surface area contributed by atoms with Crippen molar-refractivity contribution in [3.8, 4) is 5.75 Å². The first-order chi connectivity index (χ1) is 12.2. The van der Waals surface area contributed by atoms with Gasteiger partial charge in [-0.2, -0.15) is 0 Å². The summed E-state index contributed by atoms with van der Waals surface area (Å²) in [6.07, 6.45) is 1.66. The molecule has 0 saturated carbocycles. The van der Waals surface area contributed by atoms with Gasteiger partial charge in [0.2, 0.25) is 0 Å². The summed E-state index contributed by atoms with van der Waals surface area (Å²) < 4.78 is 11.3. The number of hydrogen-bond acceptors (Lipinski definition) is 5. The van der Waals surface area contributed by atoms with Gasteiger partial charge < -0.3 is 14.4 Å². The molecule has 0 N–H and O–H groups in total. The normalized spacial score (nSPS) is 17.7. The number of nitrogens with zero attached hydrogens (tertiary/aromatic N) is 3. The summed E-state index contributed by atoms with van der Waals surface area (Å²) >= 11 is 0. The zero-order valence-corrected chi connectivity index (χ0v) is 14.5. The molecular weight excluding hydrogens is 314 g/mol. The Labute approximate surface area is 147 Å². The van der Waals surface area contributed by atoms with Crippen LogP contribution in [0.4, 0.5) is 5.82 Å². The van der Waals surface area contributed by atoms with E-state index in [4.69, 9.17) is 9.47 Å². The zero-order chi connectivity index (χ0) is 17.2. The number of aromatic nitrogens is 2. The third-order valence-electron chi connectivity index (χ3n) is 4.62. The smallest absolute Gasteiger partial charge is 0.132 e. The minimum Gasteiger partial charge on any atom is -0.497 e. The lowest BCUT2D eigenvalue weighted by Crippen LogP contribution is -2.38. The third kappa shape index (κ3) is 3.28. The number of aryl methyl sites for hydroxylation is 1. The molecule has 0 aliphatic carbocycles. The number of hydrogen-bond donors (Lipinski definition) is 0. The Hall–Kier alpha value is -2.66. The molecule has 1 aliphatic rings. The van der Waals surface area contributed by atoms with E-state index in [1.807, 2.05) is 19.1 Å². The fourth-order valence-electron chi connectivity index (χ4n) is 3.24. The lowest BCUT2D eigenvalue weighted by molar-refractivity contribution is 0.0396. The van der Waals surface area contributed by atoms with E-state index in [-0.39, 0.29) is 6.10 Å². The van der Waals surface area contributed by atoms with Crippen LogP contribution in [0, 0.1) is 6.92 Å². The van der Waals surface area contributed by atoms with E-state index in [0.717, 1.165) is 30.4 Å². The molecule has 0 spiro atoms. The molecule has 1 aliphatic heterocycles. The van der Waals surface area contributed by atoms with Gasteiger partial charge in [-0.25, -0.2) is 9.97 Å². The Balaban J connectivity index is 1.59. The van der Waals surface area contributed by atoms with Gasteiger partial charge in [-0.05, 0) is 41.5 Å². The second-order valence-electron chi connectivity index (χ2n) is 6.30. The number of morpholine rings is 1. The molecule has 1 atom stereocenters.